The molecule has 0 saturated heterocycles. The molecule has 5 rings (SSSR count). The lowest BCUT2D eigenvalue weighted by Gasteiger charge is -2.15. The second-order valence-electron chi connectivity index (χ2n) is 7.19. The van der Waals surface area contributed by atoms with E-state index in [1.165, 1.54) is 73.6 Å². The third-order valence-corrected chi connectivity index (χ3v) is 5.38. The number of benzene rings is 1. The number of hydrogen-bond donors (Lipinski definition) is 1. The third kappa shape index (κ3) is 2.20. The summed E-state index contributed by atoms with van der Waals surface area (Å²) in [6, 6.07) is 5.55. The van der Waals surface area contributed by atoms with Crippen molar-refractivity contribution in [2.45, 2.75) is 69.9 Å². The number of fused-ring (bicyclic) bond motifs is 2. The molecule has 1 aromatic carbocycles. The minimum Gasteiger partial charge on any atom is -0.459 e. The van der Waals surface area contributed by atoms with Gasteiger partial charge in [0, 0.05) is 17.0 Å². The molecule has 2 aromatic rings. The van der Waals surface area contributed by atoms with Gasteiger partial charge in [0.2, 0.25) is 0 Å². The van der Waals surface area contributed by atoms with E-state index in [0.29, 0.717) is 0 Å². The van der Waals surface area contributed by atoms with Crippen molar-refractivity contribution in [3.8, 4) is 0 Å². The molecule has 0 radical (unpaired) electrons. The molecule has 0 spiro atoms. The van der Waals surface area contributed by atoms with Gasteiger partial charge in [0.1, 0.15) is 11.3 Å². The van der Waals surface area contributed by atoms with Crippen LogP contribution in [-0.2, 0) is 19.4 Å². The predicted octanol–water partition coefficient (Wildman–Crippen LogP) is 4.44. The van der Waals surface area contributed by atoms with Crippen molar-refractivity contribution in [3.63, 3.8) is 0 Å². The van der Waals surface area contributed by atoms with E-state index in [0.717, 1.165) is 24.1 Å². The summed E-state index contributed by atoms with van der Waals surface area (Å²) in [4.78, 5) is 0. The quantitative estimate of drug-likeness (QED) is 0.896. The molecule has 21 heavy (non-hydrogen) atoms. The fourth-order valence-corrected chi connectivity index (χ4v) is 3.87. The summed E-state index contributed by atoms with van der Waals surface area (Å²) in [6.07, 6.45) is 10.6. The largest absolute Gasteiger partial charge is 0.459 e. The fraction of sp³-hybridized carbons (Fsp3) is 0.579. The summed E-state index contributed by atoms with van der Waals surface area (Å²) in [7, 11) is 0. The zero-order chi connectivity index (χ0) is 13.8. The van der Waals surface area contributed by atoms with Gasteiger partial charge in [0.25, 0.3) is 0 Å². The highest BCUT2D eigenvalue weighted by atomic mass is 16.3. The van der Waals surface area contributed by atoms with Crippen molar-refractivity contribution in [1.82, 2.24) is 5.32 Å². The Bertz CT molecular complexity index is 691. The van der Waals surface area contributed by atoms with Gasteiger partial charge in [-0.05, 0) is 80.5 Å². The monoisotopic (exact) mass is 281 g/mol. The minimum absolute atomic E-state index is 0.749. The molecule has 2 heteroatoms. The lowest BCUT2D eigenvalue weighted by molar-refractivity contribution is 0.506. The maximum atomic E-state index is 6.28. The van der Waals surface area contributed by atoms with E-state index >= 15 is 0 Å². The van der Waals surface area contributed by atoms with Crippen molar-refractivity contribution < 1.29 is 4.42 Å². The van der Waals surface area contributed by atoms with Crippen LogP contribution in [0.25, 0.3) is 11.0 Å². The van der Waals surface area contributed by atoms with Gasteiger partial charge in [0.15, 0.2) is 0 Å². The number of aryl methyl sites for hydroxylation is 2. The zero-order valence-electron chi connectivity index (χ0n) is 12.6. The summed E-state index contributed by atoms with van der Waals surface area (Å²) >= 11 is 0. The molecule has 0 unspecified atom stereocenters. The highest BCUT2D eigenvalue weighted by Crippen LogP contribution is 2.47. The summed E-state index contributed by atoms with van der Waals surface area (Å²) in [5.74, 6) is 1.99. The molecule has 3 aliphatic rings. The molecule has 110 valence electrons. The van der Waals surface area contributed by atoms with Crippen LogP contribution < -0.4 is 5.32 Å². The Morgan fingerprint density at radius 3 is 2.48 bits per heavy atom. The zero-order valence-corrected chi connectivity index (χ0v) is 12.6. The summed E-state index contributed by atoms with van der Waals surface area (Å²) < 4.78 is 6.28. The minimum atomic E-state index is 0.749. The number of nitrogens with one attached hydrogen (secondary N) is 1. The predicted molar refractivity (Wildman–Crippen MR) is 84.7 cm³/mol. The maximum absolute atomic E-state index is 6.28. The third-order valence-electron chi connectivity index (χ3n) is 5.38. The van der Waals surface area contributed by atoms with Crippen LogP contribution in [0, 0.1) is 0 Å². The van der Waals surface area contributed by atoms with Crippen molar-refractivity contribution in [1.29, 1.82) is 0 Å². The molecule has 1 aromatic heterocycles. The lowest BCUT2D eigenvalue weighted by Crippen LogP contribution is -2.15. The molecule has 0 amide bonds. The Hall–Kier alpha value is -1.28. The van der Waals surface area contributed by atoms with E-state index in [-0.39, 0.29) is 0 Å². The lowest BCUT2D eigenvalue weighted by atomic mass is 9.90. The summed E-state index contributed by atoms with van der Waals surface area (Å²) in [5, 5.41) is 5.05. The van der Waals surface area contributed by atoms with E-state index in [1.807, 2.05) is 0 Å². The Balaban J connectivity index is 1.60. The fourth-order valence-electron chi connectivity index (χ4n) is 3.87. The van der Waals surface area contributed by atoms with Crippen LogP contribution in [-0.4, -0.2) is 6.04 Å². The highest BCUT2D eigenvalue weighted by Gasteiger charge is 2.32. The van der Waals surface area contributed by atoms with Crippen molar-refractivity contribution >= 4 is 11.0 Å². The Morgan fingerprint density at radius 2 is 1.76 bits per heavy atom. The van der Waals surface area contributed by atoms with E-state index in [1.54, 1.807) is 5.56 Å². The number of rotatable bonds is 4. The van der Waals surface area contributed by atoms with Gasteiger partial charge in [-0.15, -0.1) is 0 Å². The average molecular weight is 281 g/mol. The molecule has 2 nitrogen and oxygen atoms in total. The van der Waals surface area contributed by atoms with Crippen LogP contribution in [0.4, 0.5) is 0 Å². The van der Waals surface area contributed by atoms with E-state index in [9.17, 15) is 0 Å². The topological polar surface area (TPSA) is 25.2 Å². The van der Waals surface area contributed by atoms with Gasteiger partial charge in [-0.2, -0.15) is 0 Å². The highest BCUT2D eigenvalue weighted by molar-refractivity contribution is 5.85. The van der Waals surface area contributed by atoms with Crippen LogP contribution in [0.3, 0.4) is 0 Å². The first-order valence-corrected chi connectivity index (χ1v) is 8.69. The smallest absolute Gasteiger partial charge is 0.134 e. The van der Waals surface area contributed by atoms with Crippen LogP contribution >= 0.6 is 0 Å². The first-order valence-electron chi connectivity index (χ1n) is 8.69. The Morgan fingerprint density at radius 1 is 1.00 bits per heavy atom. The molecule has 2 saturated carbocycles. The molecule has 1 N–H and O–H groups in total. The normalized spacial score (nSPS) is 21.7. The van der Waals surface area contributed by atoms with Gasteiger partial charge >= 0.3 is 0 Å². The SMILES string of the molecule is c1c2c(cc3c(C4CC4)c(CNC4CC4)oc13)CCCC2. The standard InChI is InChI=1S/C19H23NO/c1-2-4-14-10-17-16(9-13(14)3-1)19(12-5-6-12)18(21-17)11-20-15-7-8-15/h9-10,12,15,20H,1-8,11H2. The van der Waals surface area contributed by atoms with Gasteiger partial charge in [-0.3, -0.25) is 0 Å². The van der Waals surface area contributed by atoms with Gasteiger partial charge in [-0.25, -0.2) is 0 Å². The molecule has 0 aliphatic heterocycles. The second-order valence-corrected chi connectivity index (χ2v) is 7.19. The van der Waals surface area contributed by atoms with Crippen molar-refractivity contribution in [2.75, 3.05) is 0 Å². The van der Waals surface area contributed by atoms with Crippen molar-refractivity contribution in [2.24, 2.45) is 0 Å². The Kier molecular flexibility index (Phi) is 2.69. The van der Waals surface area contributed by atoms with Crippen LogP contribution in [0.1, 0.15) is 66.9 Å². The molecule has 3 aliphatic carbocycles. The van der Waals surface area contributed by atoms with E-state index in [4.69, 9.17) is 4.42 Å². The van der Waals surface area contributed by atoms with Crippen LogP contribution in [0.15, 0.2) is 16.5 Å². The number of hydrogen-bond acceptors (Lipinski definition) is 2. The molecule has 1 heterocycles. The number of furan rings is 1. The molecule has 2 fully saturated rings. The van der Waals surface area contributed by atoms with Crippen LogP contribution in [0.5, 0.6) is 0 Å². The van der Waals surface area contributed by atoms with E-state index in [2.05, 4.69) is 17.4 Å². The van der Waals surface area contributed by atoms with E-state index < -0.39 is 0 Å². The summed E-state index contributed by atoms with van der Waals surface area (Å²) in [5.41, 5.74) is 5.79. The average Bonchev–Trinajstić information content (AvgIpc) is 3.41. The van der Waals surface area contributed by atoms with Gasteiger partial charge < -0.3 is 9.73 Å². The molecule has 0 bridgehead atoms. The molecular weight excluding hydrogens is 258 g/mol. The summed E-state index contributed by atoms with van der Waals surface area (Å²) in [6.45, 7) is 0.926. The first kappa shape index (κ1) is 12.3. The van der Waals surface area contributed by atoms with Crippen LogP contribution in [0.2, 0.25) is 0 Å². The van der Waals surface area contributed by atoms with Gasteiger partial charge in [-0.1, -0.05) is 0 Å². The molecule has 0 atom stereocenters. The van der Waals surface area contributed by atoms with Gasteiger partial charge in [0.05, 0.1) is 6.54 Å². The molecular formula is C19H23NO. The van der Waals surface area contributed by atoms with Crippen molar-refractivity contribution in [3.05, 3.63) is 34.6 Å². The second kappa shape index (κ2) is 4.61. The maximum Gasteiger partial charge on any atom is 0.134 e. The first-order chi connectivity index (χ1) is 10.4. The Labute approximate surface area is 125 Å².